The third-order valence-electron chi connectivity index (χ3n) is 7.45. The van der Waals surface area contributed by atoms with Crippen LogP contribution in [-0.2, 0) is 10.2 Å². The van der Waals surface area contributed by atoms with Crippen LogP contribution in [0.1, 0.15) is 62.8 Å². The van der Waals surface area contributed by atoms with Gasteiger partial charge in [0.05, 0.1) is 28.7 Å². The molecule has 0 unspecified atom stereocenters. The van der Waals surface area contributed by atoms with Gasteiger partial charge in [0.25, 0.3) is 0 Å². The molecule has 7 heteroatoms. The first kappa shape index (κ1) is 22.1. The Kier molecular flexibility index (Phi) is 4.84. The molecule has 2 N–H and O–H groups in total. The first-order valence-corrected chi connectivity index (χ1v) is 11.4. The monoisotopic (exact) mass is 458 g/mol. The summed E-state index contributed by atoms with van der Waals surface area (Å²) < 4.78 is 16.3. The highest BCUT2D eigenvalue weighted by molar-refractivity contribution is 5.99. The third-order valence-corrected chi connectivity index (χ3v) is 7.45. The van der Waals surface area contributed by atoms with Crippen LogP contribution < -0.4 is 0 Å². The largest absolute Gasteiger partial charge is 0.481 e. The lowest BCUT2D eigenvalue weighted by molar-refractivity contribution is -0.154. The Labute approximate surface area is 197 Å². The Morgan fingerprint density at radius 2 is 2.09 bits per heavy atom. The number of benzene rings is 2. The highest BCUT2D eigenvalue weighted by Gasteiger charge is 2.49. The van der Waals surface area contributed by atoms with Gasteiger partial charge >= 0.3 is 5.97 Å². The molecule has 0 aliphatic heterocycles. The van der Waals surface area contributed by atoms with E-state index < -0.39 is 16.8 Å². The van der Waals surface area contributed by atoms with E-state index >= 15 is 0 Å². The van der Waals surface area contributed by atoms with Crippen LogP contribution in [0.4, 0.5) is 4.39 Å². The van der Waals surface area contributed by atoms with E-state index in [2.05, 4.69) is 33.0 Å². The number of carboxylic acid groups (broad SMARTS) is 1. The van der Waals surface area contributed by atoms with Gasteiger partial charge in [0.1, 0.15) is 5.82 Å². The van der Waals surface area contributed by atoms with Gasteiger partial charge in [-0.2, -0.15) is 10.4 Å². The molecular weight excluding hydrogens is 431 g/mol. The normalized spacial score (nSPS) is 20.4. The van der Waals surface area contributed by atoms with Crippen molar-refractivity contribution in [3.05, 3.63) is 59.2 Å². The van der Waals surface area contributed by atoms with Crippen LogP contribution in [0, 0.1) is 29.5 Å². The lowest BCUT2D eigenvalue weighted by atomic mass is 9.59. The zero-order valence-electron chi connectivity index (χ0n) is 19.7. The minimum absolute atomic E-state index is 0.0414. The van der Waals surface area contributed by atoms with Gasteiger partial charge in [0, 0.05) is 34.0 Å². The van der Waals surface area contributed by atoms with Crippen LogP contribution in [0.2, 0.25) is 0 Å². The fraction of sp³-hybridized carbons (Fsp3) is 0.370. The number of nitrogens with zero attached hydrogens (tertiary/aromatic N) is 3. The summed E-state index contributed by atoms with van der Waals surface area (Å²) in [5.41, 5.74) is 3.97. The van der Waals surface area contributed by atoms with E-state index in [1.54, 1.807) is 26.1 Å². The van der Waals surface area contributed by atoms with E-state index in [9.17, 15) is 19.6 Å². The van der Waals surface area contributed by atoms with Crippen LogP contribution >= 0.6 is 0 Å². The predicted molar refractivity (Wildman–Crippen MR) is 129 cm³/mol. The number of nitriles is 1. The lowest BCUT2D eigenvalue weighted by Crippen LogP contribution is -2.41. The molecular formula is C27H27FN4O2. The quantitative estimate of drug-likeness (QED) is 0.377. The molecule has 34 heavy (non-hydrogen) atoms. The van der Waals surface area contributed by atoms with Crippen molar-refractivity contribution in [3.8, 4) is 11.8 Å². The van der Waals surface area contributed by atoms with E-state index in [0.29, 0.717) is 24.8 Å². The molecule has 0 saturated heterocycles. The average Bonchev–Trinajstić information content (AvgIpc) is 3.33. The van der Waals surface area contributed by atoms with Crippen molar-refractivity contribution < 1.29 is 14.3 Å². The van der Waals surface area contributed by atoms with Crippen LogP contribution in [-0.4, -0.2) is 25.8 Å². The van der Waals surface area contributed by atoms with Crippen molar-refractivity contribution in [2.45, 2.75) is 58.3 Å². The van der Waals surface area contributed by atoms with Crippen molar-refractivity contribution in [1.82, 2.24) is 14.8 Å². The number of carbonyl (C=O) groups is 1. The van der Waals surface area contributed by atoms with Crippen molar-refractivity contribution in [2.24, 2.45) is 5.41 Å². The second-order valence-electron chi connectivity index (χ2n) is 10.5. The van der Waals surface area contributed by atoms with Gasteiger partial charge < -0.3 is 9.67 Å². The fourth-order valence-corrected chi connectivity index (χ4v) is 5.55. The molecule has 0 atom stereocenters. The molecule has 0 bridgehead atoms. The van der Waals surface area contributed by atoms with Crippen LogP contribution in [0.3, 0.4) is 0 Å². The molecule has 1 aliphatic carbocycles. The number of hydrogen-bond acceptors (Lipinski definition) is 3. The summed E-state index contributed by atoms with van der Waals surface area (Å²) >= 11 is 0. The maximum Gasteiger partial charge on any atom is 0.309 e. The number of aliphatic carboxylic acids is 1. The molecule has 174 valence electrons. The second kappa shape index (κ2) is 7.42. The molecule has 2 aromatic carbocycles. The highest BCUT2D eigenvalue weighted by Crippen LogP contribution is 2.56. The van der Waals surface area contributed by atoms with E-state index in [0.717, 1.165) is 38.8 Å². The van der Waals surface area contributed by atoms with Gasteiger partial charge in [-0.3, -0.25) is 9.89 Å². The summed E-state index contributed by atoms with van der Waals surface area (Å²) in [4.78, 5) is 11.9. The maximum atomic E-state index is 14.2. The Morgan fingerprint density at radius 3 is 2.74 bits per heavy atom. The smallest absolute Gasteiger partial charge is 0.309 e. The summed E-state index contributed by atoms with van der Waals surface area (Å²) in [5, 5.41) is 28.6. The topological polar surface area (TPSA) is 94.7 Å². The van der Waals surface area contributed by atoms with Gasteiger partial charge in [0.15, 0.2) is 0 Å². The fourth-order valence-electron chi connectivity index (χ4n) is 5.55. The molecule has 0 radical (unpaired) electrons. The molecule has 1 fully saturated rings. The van der Waals surface area contributed by atoms with Gasteiger partial charge in [-0.15, -0.1) is 0 Å². The number of hydrogen-bond donors (Lipinski definition) is 2. The molecule has 1 aliphatic rings. The number of aromatic nitrogens is 3. The summed E-state index contributed by atoms with van der Waals surface area (Å²) in [6.45, 7) is 7.62. The number of rotatable bonds is 5. The van der Waals surface area contributed by atoms with Gasteiger partial charge in [-0.1, -0.05) is 13.8 Å². The standard InChI is InChI=1S/C27H27FN4O2/c1-15-9-18(5-6-20(15)28)32-22-10-16-14-30-31-21(16)11-19(22)23(24(32)26(2,3)7-8-29)17-12-27(4,13-17)25(33)34/h5-6,9-11,14,17H,7,12-13H2,1-4H3,(H,30,31)(H,33,34). The maximum absolute atomic E-state index is 14.2. The van der Waals surface area contributed by atoms with Crippen LogP contribution in [0.5, 0.6) is 0 Å². The summed E-state index contributed by atoms with van der Waals surface area (Å²) in [7, 11) is 0. The molecule has 1 saturated carbocycles. The van der Waals surface area contributed by atoms with Crippen molar-refractivity contribution in [3.63, 3.8) is 0 Å². The van der Waals surface area contributed by atoms with Gasteiger partial charge in [0.2, 0.25) is 0 Å². The summed E-state index contributed by atoms with van der Waals surface area (Å²) in [6, 6.07) is 11.5. The minimum atomic E-state index is -0.782. The second-order valence-corrected chi connectivity index (χ2v) is 10.5. The highest BCUT2D eigenvalue weighted by atomic mass is 19.1. The number of fused-ring (bicyclic) bond motifs is 2. The lowest BCUT2D eigenvalue weighted by Gasteiger charge is -2.43. The molecule has 6 nitrogen and oxygen atoms in total. The average molecular weight is 459 g/mol. The first-order valence-electron chi connectivity index (χ1n) is 11.4. The van der Waals surface area contributed by atoms with E-state index in [4.69, 9.17) is 0 Å². The zero-order valence-corrected chi connectivity index (χ0v) is 19.7. The minimum Gasteiger partial charge on any atom is -0.481 e. The number of halogens is 1. The number of aryl methyl sites for hydroxylation is 1. The molecule has 2 heterocycles. The number of nitrogens with one attached hydrogen (secondary N) is 1. The molecule has 0 spiro atoms. The molecule has 5 rings (SSSR count). The SMILES string of the molecule is Cc1cc(-n2c(C(C)(C)CC#N)c(C3CC(C)(C(=O)O)C3)c3cc4[nH]ncc4cc32)ccc1F. The number of aromatic amines is 1. The molecule has 2 aromatic heterocycles. The van der Waals surface area contributed by atoms with Crippen LogP contribution in [0.25, 0.3) is 27.5 Å². The van der Waals surface area contributed by atoms with Gasteiger partial charge in [-0.25, -0.2) is 4.39 Å². The molecule has 0 amide bonds. The summed E-state index contributed by atoms with van der Waals surface area (Å²) in [5.74, 6) is -1.01. The number of carboxylic acids is 1. The molecule has 4 aromatic rings. The van der Waals surface area contributed by atoms with Crippen molar-refractivity contribution in [1.29, 1.82) is 5.26 Å². The Hall–Kier alpha value is -3.66. The zero-order chi connectivity index (χ0) is 24.4. The van der Waals surface area contributed by atoms with Crippen molar-refractivity contribution >= 4 is 27.8 Å². The van der Waals surface area contributed by atoms with E-state index in [-0.39, 0.29) is 11.7 Å². The van der Waals surface area contributed by atoms with Gasteiger partial charge in [-0.05, 0) is 74.1 Å². The first-order chi connectivity index (χ1) is 16.1. The van der Waals surface area contributed by atoms with E-state index in [1.165, 1.54) is 6.07 Å². The third kappa shape index (κ3) is 3.20. The predicted octanol–water partition coefficient (Wildman–Crippen LogP) is 6.11. The van der Waals surface area contributed by atoms with Crippen LogP contribution in [0.15, 0.2) is 36.5 Å². The Balaban J connectivity index is 1.87. The Morgan fingerprint density at radius 1 is 1.35 bits per heavy atom. The van der Waals surface area contributed by atoms with Crippen molar-refractivity contribution in [2.75, 3.05) is 0 Å². The van der Waals surface area contributed by atoms with E-state index in [1.807, 2.05) is 19.9 Å². The number of H-pyrrole nitrogens is 1. The Bertz CT molecular complexity index is 1500. The summed E-state index contributed by atoms with van der Waals surface area (Å²) in [6.07, 6.45) is 3.12.